The zero-order valence-corrected chi connectivity index (χ0v) is 13.6. The molecule has 1 aliphatic heterocycles. The molecule has 1 N–H and O–H groups in total. The van der Waals surface area contributed by atoms with Gasteiger partial charge < -0.3 is 14.4 Å². The van der Waals surface area contributed by atoms with Crippen LogP contribution in [0.3, 0.4) is 0 Å². The molecular formula is C16H20F2N4O3. The zero-order valence-electron chi connectivity index (χ0n) is 13.6. The lowest BCUT2D eigenvalue weighted by Crippen LogP contribution is -2.46. The van der Waals surface area contributed by atoms with E-state index in [0.29, 0.717) is 24.5 Å². The molecule has 9 heteroatoms. The maximum absolute atomic E-state index is 12.5. The second-order valence-electron chi connectivity index (χ2n) is 5.73. The Morgan fingerprint density at radius 2 is 1.88 bits per heavy atom. The maximum atomic E-state index is 12.5. The fraction of sp³-hybridized carbons (Fsp3) is 0.500. The number of hydrogen-bond donors (Lipinski definition) is 1. The molecular weight excluding hydrogens is 334 g/mol. The Bertz CT molecular complexity index is 675. The van der Waals surface area contributed by atoms with Crippen LogP contribution in [0.1, 0.15) is 5.89 Å². The maximum Gasteiger partial charge on any atom is 0.387 e. The number of rotatable bonds is 7. The SMILES string of the molecule is OCCN1CCN(Cc2nc(-c3ccccc3OC(F)F)no2)CC1. The van der Waals surface area contributed by atoms with Crippen molar-refractivity contribution in [2.24, 2.45) is 0 Å². The van der Waals surface area contributed by atoms with E-state index in [4.69, 9.17) is 9.63 Å². The lowest BCUT2D eigenvalue weighted by atomic mass is 10.2. The topological polar surface area (TPSA) is 74.9 Å². The molecule has 1 aromatic carbocycles. The first-order valence-corrected chi connectivity index (χ1v) is 8.08. The van der Waals surface area contributed by atoms with E-state index in [0.717, 1.165) is 26.2 Å². The molecule has 0 amide bonds. The highest BCUT2D eigenvalue weighted by molar-refractivity contribution is 5.63. The molecule has 0 atom stereocenters. The number of nitrogens with zero attached hydrogens (tertiary/aromatic N) is 4. The van der Waals surface area contributed by atoms with Crippen molar-refractivity contribution >= 4 is 0 Å². The average Bonchev–Trinajstić information content (AvgIpc) is 3.05. The molecule has 1 aliphatic rings. The number of aromatic nitrogens is 2. The average molecular weight is 354 g/mol. The van der Waals surface area contributed by atoms with Gasteiger partial charge in [0.15, 0.2) is 0 Å². The number of halogens is 2. The van der Waals surface area contributed by atoms with Crippen LogP contribution < -0.4 is 4.74 Å². The van der Waals surface area contributed by atoms with Crippen molar-refractivity contribution < 1.29 is 23.1 Å². The lowest BCUT2D eigenvalue weighted by molar-refractivity contribution is -0.0494. The van der Waals surface area contributed by atoms with Crippen molar-refractivity contribution in [3.8, 4) is 17.1 Å². The molecule has 7 nitrogen and oxygen atoms in total. The Kier molecular flexibility index (Phi) is 5.90. The molecule has 25 heavy (non-hydrogen) atoms. The molecule has 3 rings (SSSR count). The van der Waals surface area contributed by atoms with Gasteiger partial charge in [-0.05, 0) is 12.1 Å². The molecule has 2 aromatic rings. The fourth-order valence-electron chi connectivity index (χ4n) is 2.78. The summed E-state index contributed by atoms with van der Waals surface area (Å²) in [7, 11) is 0. The normalized spacial score (nSPS) is 16.5. The first-order valence-electron chi connectivity index (χ1n) is 8.08. The smallest absolute Gasteiger partial charge is 0.387 e. The molecule has 0 bridgehead atoms. The van der Waals surface area contributed by atoms with Crippen LogP contribution in [0, 0.1) is 0 Å². The van der Waals surface area contributed by atoms with E-state index in [2.05, 4.69) is 24.7 Å². The predicted molar refractivity (Wildman–Crippen MR) is 85.2 cm³/mol. The molecule has 0 aliphatic carbocycles. The Morgan fingerprint density at radius 1 is 1.16 bits per heavy atom. The standard InChI is InChI=1S/C16H20F2N4O3/c17-16(18)24-13-4-2-1-3-12(13)15-19-14(25-20-15)11-22-7-5-21(6-8-22)9-10-23/h1-4,16,23H,5-11H2. The quantitative estimate of drug-likeness (QED) is 0.806. The summed E-state index contributed by atoms with van der Waals surface area (Å²) < 4.78 is 34.8. The minimum atomic E-state index is -2.91. The summed E-state index contributed by atoms with van der Waals surface area (Å²) in [6.45, 7) is 1.83. The molecule has 136 valence electrons. The number of aliphatic hydroxyl groups is 1. The molecule has 2 heterocycles. The second kappa shape index (κ2) is 8.32. The van der Waals surface area contributed by atoms with E-state index < -0.39 is 6.61 Å². The summed E-state index contributed by atoms with van der Waals surface area (Å²) in [6.07, 6.45) is 0. The van der Waals surface area contributed by atoms with Crippen LogP contribution in [-0.4, -0.2) is 71.0 Å². The highest BCUT2D eigenvalue weighted by Crippen LogP contribution is 2.29. The van der Waals surface area contributed by atoms with Gasteiger partial charge in [-0.3, -0.25) is 9.80 Å². The van der Waals surface area contributed by atoms with Crippen molar-refractivity contribution in [3.63, 3.8) is 0 Å². The monoisotopic (exact) mass is 354 g/mol. The molecule has 1 aromatic heterocycles. The van der Waals surface area contributed by atoms with Gasteiger partial charge in [0.2, 0.25) is 11.7 Å². The third-order valence-electron chi connectivity index (χ3n) is 4.05. The molecule has 0 spiro atoms. The lowest BCUT2D eigenvalue weighted by Gasteiger charge is -2.33. The van der Waals surface area contributed by atoms with E-state index in [1.165, 1.54) is 6.07 Å². The number of hydrogen-bond acceptors (Lipinski definition) is 7. The van der Waals surface area contributed by atoms with Gasteiger partial charge in [-0.15, -0.1) is 0 Å². The van der Waals surface area contributed by atoms with E-state index in [1.807, 2.05) is 0 Å². The number of ether oxygens (including phenoxy) is 1. The summed E-state index contributed by atoms with van der Waals surface area (Å²) in [4.78, 5) is 8.66. The van der Waals surface area contributed by atoms with Crippen LogP contribution in [0.15, 0.2) is 28.8 Å². The Labute approximate surface area is 143 Å². The van der Waals surface area contributed by atoms with Crippen LogP contribution in [0.2, 0.25) is 0 Å². The summed E-state index contributed by atoms with van der Waals surface area (Å²) in [6, 6.07) is 6.36. The largest absolute Gasteiger partial charge is 0.434 e. The van der Waals surface area contributed by atoms with Crippen molar-refractivity contribution in [2.45, 2.75) is 13.2 Å². The summed E-state index contributed by atoms with van der Waals surface area (Å²) in [5.41, 5.74) is 0.366. The number of benzene rings is 1. The van der Waals surface area contributed by atoms with E-state index in [-0.39, 0.29) is 18.2 Å². The molecule has 1 saturated heterocycles. The summed E-state index contributed by atoms with van der Waals surface area (Å²) >= 11 is 0. The third-order valence-corrected chi connectivity index (χ3v) is 4.05. The van der Waals surface area contributed by atoms with Crippen molar-refractivity contribution in [3.05, 3.63) is 30.2 Å². The van der Waals surface area contributed by atoms with Gasteiger partial charge >= 0.3 is 6.61 Å². The first kappa shape index (κ1) is 17.7. The highest BCUT2D eigenvalue weighted by atomic mass is 19.3. The molecule has 0 saturated carbocycles. The number of β-amino-alcohol motifs (C(OH)–C–C–N with tert-alkyl or cyclic N) is 1. The van der Waals surface area contributed by atoms with Gasteiger partial charge in [0.05, 0.1) is 18.7 Å². The minimum absolute atomic E-state index is 0.0162. The second-order valence-corrected chi connectivity index (χ2v) is 5.73. The van der Waals surface area contributed by atoms with Gasteiger partial charge in [-0.2, -0.15) is 13.8 Å². The van der Waals surface area contributed by atoms with E-state index in [1.54, 1.807) is 18.2 Å². The number of piperazine rings is 1. The first-order chi connectivity index (χ1) is 12.2. The van der Waals surface area contributed by atoms with Gasteiger partial charge in [0, 0.05) is 32.7 Å². The van der Waals surface area contributed by atoms with Gasteiger partial charge in [0.1, 0.15) is 5.75 Å². The third kappa shape index (κ3) is 4.71. The number of alkyl halides is 2. The van der Waals surface area contributed by atoms with Crippen molar-refractivity contribution in [1.29, 1.82) is 0 Å². The van der Waals surface area contributed by atoms with Gasteiger partial charge in [-0.1, -0.05) is 17.3 Å². The Morgan fingerprint density at radius 3 is 2.60 bits per heavy atom. The summed E-state index contributed by atoms with van der Waals surface area (Å²) in [5, 5.41) is 12.8. The predicted octanol–water partition coefficient (Wildman–Crippen LogP) is 1.45. The van der Waals surface area contributed by atoms with Crippen molar-refractivity contribution in [2.75, 3.05) is 39.3 Å². The number of para-hydroxylation sites is 1. The van der Waals surface area contributed by atoms with Crippen LogP contribution in [0.5, 0.6) is 5.75 Å². The van der Waals surface area contributed by atoms with Crippen LogP contribution >= 0.6 is 0 Å². The Hall–Kier alpha value is -2.10. The van der Waals surface area contributed by atoms with Gasteiger partial charge in [0.25, 0.3) is 0 Å². The zero-order chi connectivity index (χ0) is 17.6. The number of aliphatic hydroxyl groups excluding tert-OH is 1. The van der Waals surface area contributed by atoms with E-state index >= 15 is 0 Å². The minimum Gasteiger partial charge on any atom is -0.434 e. The molecule has 0 unspecified atom stereocenters. The molecule has 1 fully saturated rings. The fourth-order valence-corrected chi connectivity index (χ4v) is 2.78. The van der Waals surface area contributed by atoms with Crippen LogP contribution in [-0.2, 0) is 6.54 Å². The highest BCUT2D eigenvalue weighted by Gasteiger charge is 2.20. The van der Waals surface area contributed by atoms with Crippen LogP contribution in [0.4, 0.5) is 8.78 Å². The van der Waals surface area contributed by atoms with Crippen LogP contribution in [0.25, 0.3) is 11.4 Å². The van der Waals surface area contributed by atoms with Crippen molar-refractivity contribution in [1.82, 2.24) is 19.9 Å². The van der Waals surface area contributed by atoms with E-state index in [9.17, 15) is 8.78 Å². The van der Waals surface area contributed by atoms with Gasteiger partial charge in [-0.25, -0.2) is 0 Å². The molecule has 0 radical (unpaired) electrons. The Balaban J connectivity index is 1.64. The summed E-state index contributed by atoms with van der Waals surface area (Å²) in [5.74, 6) is 0.671.